The van der Waals surface area contributed by atoms with E-state index in [4.69, 9.17) is 0 Å². The molecule has 34 heavy (non-hydrogen) atoms. The third kappa shape index (κ3) is 6.10. The number of nitrogens with zero attached hydrogens (tertiary/aromatic N) is 1. The van der Waals surface area contributed by atoms with E-state index in [1.54, 1.807) is 6.07 Å². The Morgan fingerprint density at radius 2 is 1.71 bits per heavy atom. The average molecular weight is 524 g/mol. The number of ketones is 1. The van der Waals surface area contributed by atoms with Gasteiger partial charge in [-0.1, -0.05) is 58.4 Å². The van der Waals surface area contributed by atoms with Crippen molar-refractivity contribution in [3.05, 3.63) is 99.8 Å². The molecule has 5 nitrogen and oxygen atoms in total. The van der Waals surface area contributed by atoms with E-state index in [0.717, 1.165) is 47.5 Å². The van der Waals surface area contributed by atoms with Crippen LogP contribution in [0.4, 0.5) is 10.1 Å². The molecule has 0 aliphatic carbocycles. The maximum Gasteiger partial charge on any atom is 0.254 e. The minimum absolute atomic E-state index is 0.0719. The van der Waals surface area contributed by atoms with Gasteiger partial charge >= 0.3 is 0 Å². The molecule has 1 fully saturated rings. The molecule has 176 valence electrons. The van der Waals surface area contributed by atoms with Crippen LogP contribution in [0, 0.1) is 5.82 Å². The van der Waals surface area contributed by atoms with Crippen LogP contribution in [0.1, 0.15) is 21.5 Å². The van der Waals surface area contributed by atoms with Crippen LogP contribution >= 0.6 is 15.9 Å². The van der Waals surface area contributed by atoms with Gasteiger partial charge in [-0.15, -0.1) is 0 Å². The predicted molar refractivity (Wildman–Crippen MR) is 136 cm³/mol. The molecule has 0 aromatic heterocycles. The van der Waals surface area contributed by atoms with Crippen LogP contribution in [-0.4, -0.2) is 43.9 Å². The number of hydrogen-bond acceptors (Lipinski definition) is 4. The normalized spacial score (nSPS) is 14.5. The number of Topliss-reactive ketones (excluding diaryl/α,β-unsaturated/α-hetero) is 1. The van der Waals surface area contributed by atoms with E-state index in [2.05, 4.69) is 31.5 Å². The first kappa shape index (κ1) is 24.1. The maximum absolute atomic E-state index is 14.2. The topological polar surface area (TPSA) is 61.4 Å². The average Bonchev–Trinajstić information content (AvgIpc) is 2.85. The Labute approximate surface area is 207 Å². The van der Waals surface area contributed by atoms with E-state index in [0.29, 0.717) is 6.42 Å². The molecule has 1 aliphatic rings. The van der Waals surface area contributed by atoms with Gasteiger partial charge in [-0.05, 0) is 47.9 Å². The van der Waals surface area contributed by atoms with Gasteiger partial charge in [0.2, 0.25) is 0 Å². The van der Waals surface area contributed by atoms with E-state index in [1.807, 2.05) is 48.5 Å². The van der Waals surface area contributed by atoms with Crippen LogP contribution in [0.5, 0.6) is 0 Å². The van der Waals surface area contributed by atoms with Gasteiger partial charge in [-0.3, -0.25) is 9.59 Å². The molecule has 1 amide bonds. The molecule has 7 heteroatoms. The van der Waals surface area contributed by atoms with Crippen molar-refractivity contribution in [2.75, 3.05) is 31.1 Å². The molecule has 1 aliphatic heterocycles. The molecule has 0 spiro atoms. The van der Waals surface area contributed by atoms with Gasteiger partial charge in [-0.25, -0.2) is 4.39 Å². The van der Waals surface area contributed by atoms with Crippen molar-refractivity contribution < 1.29 is 14.0 Å². The summed E-state index contributed by atoms with van der Waals surface area (Å²) in [6.45, 7) is 3.50. The van der Waals surface area contributed by atoms with Crippen molar-refractivity contribution in [2.45, 2.75) is 18.9 Å². The van der Waals surface area contributed by atoms with Crippen molar-refractivity contribution in [2.24, 2.45) is 0 Å². The van der Waals surface area contributed by atoms with Crippen LogP contribution in [0.3, 0.4) is 0 Å². The molecule has 1 saturated heterocycles. The SMILES string of the molecule is O=C(NC(Cc1ccccc1)C(=O)Cc1cc(Br)ccc1N1CCNCC1)c1ccccc1F. The Morgan fingerprint density at radius 1 is 1.00 bits per heavy atom. The number of rotatable bonds is 8. The second kappa shape index (κ2) is 11.4. The molecule has 0 bridgehead atoms. The number of benzene rings is 3. The summed E-state index contributed by atoms with van der Waals surface area (Å²) < 4.78 is 15.1. The van der Waals surface area contributed by atoms with Gasteiger partial charge in [0.05, 0.1) is 11.6 Å². The first-order chi connectivity index (χ1) is 16.5. The molecular weight excluding hydrogens is 497 g/mol. The number of halogens is 2. The van der Waals surface area contributed by atoms with E-state index in [9.17, 15) is 14.0 Å². The Morgan fingerprint density at radius 3 is 2.44 bits per heavy atom. The molecule has 1 heterocycles. The summed E-state index contributed by atoms with van der Waals surface area (Å²) in [6.07, 6.45) is 0.491. The van der Waals surface area contributed by atoms with Crippen LogP contribution in [0.2, 0.25) is 0 Å². The minimum Gasteiger partial charge on any atom is -0.369 e. The summed E-state index contributed by atoms with van der Waals surface area (Å²) >= 11 is 3.53. The molecule has 1 unspecified atom stereocenters. The second-order valence-electron chi connectivity index (χ2n) is 8.35. The maximum atomic E-state index is 14.2. The van der Waals surface area contributed by atoms with Crippen molar-refractivity contribution in [1.29, 1.82) is 0 Å². The van der Waals surface area contributed by atoms with Gasteiger partial charge in [0.15, 0.2) is 5.78 Å². The summed E-state index contributed by atoms with van der Waals surface area (Å²) in [6, 6.07) is 20.5. The van der Waals surface area contributed by atoms with Crippen LogP contribution in [-0.2, 0) is 17.6 Å². The van der Waals surface area contributed by atoms with Gasteiger partial charge < -0.3 is 15.5 Å². The molecular formula is C27H27BrFN3O2. The Kier molecular flexibility index (Phi) is 8.08. The highest BCUT2D eigenvalue weighted by molar-refractivity contribution is 9.10. The minimum atomic E-state index is -0.788. The van der Waals surface area contributed by atoms with Gasteiger partial charge in [0.1, 0.15) is 5.82 Å². The van der Waals surface area contributed by atoms with E-state index in [-0.39, 0.29) is 17.8 Å². The van der Waals surface area contributed by atoms with Crippen molar-refractivity contribution in [3.63, 3.8) is 0 Å². The fourth-order valence-corrected chi connectivity index (χ4v) is 4.61. The molecule has 1 atom stereocenters. The lowest BCUT2D eigenvalue weighted by atomic mass is 9.96. The largest absolute Gasteiger partial charge is 0.369 e. The predicted octanol–water partition coefficient (Wildman–Crippen LogP) is 4.15. The van der Waals surface area contributed by atoms with E-state index < -0.39 is 17.8 Å². The van der Waals surface area contributed by atoms with Crippen LogP contribution in [0.25, 0.3) is 0 Å². The number of nitrogens with one attached hydrogen (secondary N) is 2. The second-order valence-corrected chi connectivity index (χ2v) is 9.26. The summed E-state index contributed by atoms with van der Waals surface area (Å²) in [5, 5.41) is 6.14. The van der Waals surface area contributed by atoms with Crippen LogP contribution < -0.4 is 15.5 Å². The van der Waals surface area contributed by atoms with Gasteiger partial charge in [-0.2, -0.15) is 0 Å². The molecule has 0 saturated carbocycles. The Hall–Kier alpha value is -3.03. The van der Waals surface area contributed by atoms with E-state index >= 15 is 0 Å². The van der Waals surface area contributed by atoms with Gasteiger partial charge in [0, 0.05) is 42.8 Å². The lowest BCUT2D eigenvalue weighted by Gasteiger charge is -2.31. The summed E-state index contributed by atoms with van der Waals surface area (Å²) in [7, 11) is 0. The first-order valence-electron chi connectivity index (χ1n) is 11.4. The van der Waals surface area contributed by atoms with Crippen molar-refractivity contribution >= 4 is 33.3 Å². The third-order valence-corrected chi connectivity index (χ3v) is 6.45. The Balaban J connectivity index is 1.59. The fraction of sp³-hybridized carbons (Fsp3) is 0.259. The summed E-state index contributed by atoms with van der Waals surface area (Å²) in [5.41, 5.74) is 2.78. The highest BCUT2D eigenvalue weighted by Gasteiger charge is 2.25. The lowest BCUT2D eigenvalue weighted by molar-refractivity contribution is -0.120. The van der Waals surface area contributed by atoms with Crippen LogP contribution in [0.15, 0.2) is 77.3 Å². The number of amides is 1. The smallest absolute Gasteiger partial charge is 0.254 e. The standard InChI is InChI=1S/C27H27BrFN3O2/c28-21-10-11-25(32-14-12-30-13-15-32)20(17-21)18-26(33)24(16-19-6-2-1-3-7-19)31-27(34)22-8-4-5-9-23(22)29/h1-11,17,24,30H,12-16,18H2,(H,31,34). The summed E-state index contributed by atoms with van der Waals surface area (Å²) in [4.78, 5) is 28.7. The quantitative estimate of drug-likeness (QED) is 0.465. The first-order valence-corrected chi connectivity index (χ1v) is 12.2. The number of carbonyl (C=O) groups is 2. The van der Waals surface area contributed by atoms with Crippen molar-refractivity contribution in [1.82, 2.24) is 10.6 Å². The fourth-order valence-electron chi connectivity index (χ4n) is 4.20. The number of carbonyl (C=O) groups excluding carboxylic acids is 2. The molecule has 4 rings (SSSR count). The zero-order valence-electron chi connectivity index (χ0n) is 18.8. The highest BCUT2D eigenvalue weighted by atomic mass is 79.9. The van der Waals surface area contributed by atoms with Gasteiger partial charge in [0.25, 0.3) is 5.91 Å². The number of hydrogen-bond donors (Lipinski definition) is 2. The highest BCUT2D eigenvalue weighted by Crippen LogP contribution is 2.26. The molecule has 3 aromatic rings. The lowest BCUT2D eigenvalue weighted by Crippen LogP contribution is -2.45. The molecule has 2 N–H and O–H groups in total. The molecule has 0 radical (unpaired) electrons. The zero-order valence-corrected chi connectivity index (χ0v) is 20.4. The monoisotopic (exact) mass is 523 g/mol. The van der Waals surface area contributed by atoms with E-state index in [1.165, 1.54) is 18.2 Å². The molecule has 3 aromatic carbocycles. The number of anilines is 1. The zero-order chi connectivity index (χ0) is 23.9. The summed E-state index contributed by atoms with van der Waals surface area (Å²) in [5.74, 6) is -1.33. The number of piperazine rings is 1. The Bertz CT molecular complexity index is 1150. The third-order valence-electron chi connectivity index (χ3n) is 5.96. The van der Waals surface area contributed by atoms with Crippen molar-refractivity contribution in [3.8, 4) is 0 Å².